The van der Waals surface area contributed by atoms with Crippen LogP contribution < -0.4 is 10.1 Å². The van der Waals surface area contributed by atoms with Crippen LogP contribution in [-0.2, 0) is 18.3 Å². The number of aromatic nitrogens is 3. The number of aryl methyl sites for hydroxylation is 1. The lowest BCUT2D eigenvalue weighted by atomic mass is 10.1. The van der Waals surface area contributed by atoms with E-state index in [1.807, 2.05) is 35.9 Å². The average molecular weight is 427 g/mol. The Morgan fingerprint density at radius 3 is 2.63 bits per heavy atom. The molecule has 0 bridgehead atoms. The molecule has 1 aromatic heterocycles. The Morgan fingerprint density at radius 1 is 1.23 bits per heavy atom. The maximum absolute atomic E-state index is 12.3. The molecule has 0 radical (unpaired) electrons. The largest absolute Gasteiger partial charge is 0.497 e. The van der Waals surface area contributed by atoms with Gasteiger partial charge in [-0.2, -0.15) is 0 Å². The van der Waals surface area contributed by atoms with E-state index in [1.54, 1.807) is 20.1 Å². The van der Waals surface area contributed by atoms with Crippen LogP contribution in [0.25, 0.3) is 0 Å². The van der Waals surface area contributed by atoms with Crippen LogP contribution in [-0.4, -0.2) is 38.5 Å². The summed E-state index contributed by atoms with van der Waals surface area (Å²) in [5.74, 6) is 1.40. The van der Waals surface area contributed by atoms with Crippen molar-refractivity contribution in [1.29, 1.82) is 0 Å². The van der Waals surface area contributed by atoms with Gasteiger partial charge >= 0.3 is 0 Å². The molecule has 0 atom stereocenters. The molecule has 0 aliphatic carbocycles. The number of thioether (sulfide) groups is 1. The Hall–Kier alpha value is -3.40. The highest BCUT2D eigenvalue weighted by Crippen LogP contribution is 2.23. The molecular formula is C20H21N5O4S. The highest BCUT2D eigenvalue weighted by molar-refractivity contribution is 7.99. The Kier molecular flexibility index (Phi) is 6.68. The minimum Gasteiger partial charge on any atom is -0.497 e. The molecule has 0 aliphatic rings. The molecule has 2 aromatic carbocycles. The van der Waals surface area contributed by atoms with E-state index < -0.39 is 4.92 Å². The number of amides is 1. The molecule has 0 saturated carbocycles. The summed E-state index contributed by atoms with van der Waals surface area (Å²) < 4.78 is 7.01. The zero-order chi connectivity index (χ0) is 21.7. The van der Waals surface area contributed by atoms with Gasteiger partial charge < -0.3 is 14.6 Å². The second kappa shape index (κ2) is 9.40. The van der Waals surface area contributed by atoms with Gasteiger partial charge in [-0.1, -0.05) is 30.0 Å². The highest BCUT2D eigenvalue weighted by Gasteiger charge is 2.14. The number of benzene rings is 2. The van der Waals surface area contributed by atoms with Crippen molar-refractivity contribution in [2.75, 3.05) is 18.2 Å². The van der Waals surface area contributed by atoms with E-state index in [1.165, 1.54) is 23.9 Å². The highest BCUT2D eigenvalue weighted by atomic mass is 32.2. The monoisotopic (exact) mass is 427 g/mol. The number of nitrogens with one attached hydrogen (secondary N) is 1. The van der Waals surface area contributed by atoms with Crippen LogP contribution in [0, 0.1) is 17.0 Å². The first-order valence-electron chi connectivity index (χ1n) is 9.06. The van der Waals surface area contributed by atoms with Crippen molar-refractivity contribution >= 4 is 29.0 Å². The van der Waals surface area contributed by atoms with Crippen molar-refractivity contribution in [2.45, 2.75) is 18.5 Å². The molecule has 0 saturated heterocycles. The summed E-state index contributed by atoms with van der Waals surface area (Å²) in [7, 11) is 3.47. The van der Waals surface area contributed by atoms with Gasteiger partial charge in [-0.15, -0.1) is 10.2 Å². The number of methoxy groups -OCH3 is 1. The Balaban J connectivity index is 1.60. The molecule has 1 heterocycles. The van der Waals surface area contributed by atoms with E-state index in [4.69, 9.17) is 4.74 Å². The first-order valence-corrected chi connectivity index (χ1v) is 10.0. The van der Waals surface area contributed by atoms with Gasteiger partial charge in [0.2, 0.25) is 5.91 Å². The molecule has 156 valence electrons. The fourth-order valence-corrected chi connectivity index (χ4v) is 3.46. The Morgan fingerprint density at radius 2 is 1.97 bits per heavy atom. The van der Waals surface area contributed by atoms with Crippen LogP contribution in [0.5, 0.6) is 5.75 Å². The molecule has 9 nitrogen and oxygen atoms in total. The standard InChI is InChI=1S/C20H21N5O4S/c1-13-4-7-15(25(27)28)11-17(13)21-19(26)12-30-20-23-22-18(24(20)2)10-14-5-8-16(29-3)9-6-14/h4-9,11H,10,12H2,1-3H3,(H,21,26). The quantitative estimate of drug-likeness (QED) is 0.333. The van der Waals surface area contributed by atoms with Crippen LogP contribution in [0.4, 0.5) is 11.4 Å². The van der Waals surface area contributed by atoms with Crippen molar-refractivity contribution in [1.82, 2.24) is 14.8 Å². The van der Waals surface area contributed by atoms with E-state index in [2.05, 4.69) is 15.5 Å². The summed E-state index contributed by atoms with van der Waals surface area (Å²) in [4.78, 5) is 22.8. The van der Waals surface area contributed by atoms with Gasteiger partial charge in [0.25, 0.3) is 5.69 Å². The predicted molar refractivity (Wildman–Crippen MR) is 114 cm³/mol. The lowest BCUT2D eigenvalue weighted by Crippen LogP contribution is -2.15. The van der Waals surface area contributed by atoms with Crippen molar-refractivity contribution < 1.29 is 14.5 Å². The average Bonchev–Trinajstić information content (AvgIpc) is 3.08. The third-order valence-corrected chi connectivity index (χ3v) is 5.51. The van der Waals surface area contributed by atoms with Crippen molar-refractivity contribution in [3.8, 4) is 5.75 Å². The summed E-state index contributed by atoms with van der Waals surface area (Å²) in [6.45, 7) is 1.78. The molecule has 1 N–H and O–H groups in total. The van der Waals surface area contributed by atoms with Gasteiger partial charge in [-0.05, 0) is 30.2 Å². The number of nitrogens with zero attached hydrogens (tertiary/aromatic N) is 4. The smallest absolute Gasteiger partial charge is 0.271 e. The van der Waals surface area contributed by atoms with E-state index in [0.29, 0.717) is 17.3 Å². The Bertz CT molecular complexity index is 1070. The minimum absolute atomic E-state index is 0.0694. The summed E-state index contributed by atoms with van der Waals surface area (Å²) >= 11 is 1.25. The fraction of sp³-hybridized carbons (Fsp3) is 0.250. The number of hydrogen-bond donors (Lipinski definition) is 1. The van der Waals surface area contributed by atoms with Gasteiger partial charge in [-0.25, -0.2) is 0 Å². The third-order valence-electron chi connectivity index (χ3n) is 4.48. The number of hydrogen-bond acceptors (Lipinski definition) is 7. The van der Waals surface area contributed by atoms with Gasteiger partial charge in [0.15, 0.2) is 5.16 Å². The van der Waals surface area contributed by atoms with Gasteiger partial charge in [0.05, 0.1) is 23.5 Å². The second-order valence-corrected chi connectivity index (χ2v) is 7.52. The van der Waals surface area contributed by atoms with E-state index in [9.17, 15) is 14.9 Å². The topological polar surface area (TPSA) is 112 Å². The molecule has 3 aromatic rings. The molecule has 3 rings (SSSR count). The molecule has 0 unspecified atom stereocenters. The zero-order valence-electron chi connectivity index (χ0n) is 16.8. The molecule has 30 heavy (non-hydrogen) atoms. The van der Waals surface area contributed by atoms with Crippen LogP contribution in [0.2, 0.25) is 0 Å². The number of ether oxygens (including phenoxy) is 1. The second-order valence-electron chi connectivity index (χ2n) is 6.58. The lowest BCUT2D eigenvalue weighted by molar-refractivity contribution is -0.384. The molecule has 0 spiro atoms. The first-order chi connectivity index (χ1) is 14.4. The fourth-order valence-electron chi connectivity index (χ4n) is 2.73. The van der Waals surface area contributed by atoms with Crippen LogP contribution in [0.3, 0.4) is 0 Å². The summed E-state index contributed by atoms with van der Waals surface area (Å²) in [6, 6.07) is 12.1. The molecular weight excluding hydrogens is 406 g/mol. The predicted octanol–water partition coefficient (Wildman–Crippen LogP) is 3.36. The number of non-ortho nitro benzene ring substituents is 1. The number of rotatable bonds is 8. The maximum atomic E-state index is 12.3. The lowest BCUT2D eigenvalue weighted by Gasteiger charge is -2.08. The van der Waals surface area contributed by atoms with Gasteiger partial charge in [0.1, 0.15) is 11.6 Å². The molecule has 1 amide bonds. The Labute approximate surface area is 177 Å². The van der Waals surface area contributed by atoms with Crippen LogP contribution in [0.1, 0.15) is 17.0 Å². The molecule has 0 fully saturated rings. The summed E-state index contributed by atoms with van der Waals surface area (Å²) in [5, 5.41) is 22.6. The SMILES string of the molecule is COc1ccc(Cc2nnc(SCC(=O)Nc3cc([N+](=O)[O-])ccc3C)n2C)cc1. The third kappa shape index (κ3) is 5.15. The normalized spacial score (nSPS) is 10.6. The molecule has 10 heteroatoms. The van der Waals surface area contributed by atoms with Crippen molar-refractivity contribution in [3.63, 3.8) is 0 Å². The first kappa shape index (κ1) is 21.3. The van der Waals surface area contributed by atoms with Crippen molar-refractivity contribution in [2.24, 2.45) is 7.05 Å². The zero-order valence-corrected chi connectivity index (χ0v) is 17.6. The minimum atomic E-state index is -0.492. The van der Waals surface area contributed by atoms with Gasteiger partial charge in [-0.3, -0.25) is 14.9 Å². The van der Waals surface area contributed by atoms with E-state index in [0.717, 1.165) is 22.7 Å². The van der Waals surface area contributed by atoms with Crippen molar-refractivity contribution in [3.05, 3.63) is 69.5 Å². The number of nitro groups is 1. The number of carbonyl (C=O) groups is 1. The van der Waals surface area contributed by atoms with Gasteiger partial charge in [0, 0.05) is 25.6 Å². The number of anilines is 1. The number of carbonyl (C=O) groups excluding carboxylic acids is 1. The van der Waals surface area contributed by atoms with Crippen LogP contribution in [0.15, 0.2) is 47.6 Å². The number of nitro benzene ring substituents is 1. The van der Waals surface area contributed by atoms with E-state index in [-0.39, 0.29) is 17.3 Å². The summed E-state index contributed by atoms with van der Waals surface area (Å²) in [6.07, 6.45) is 0.604. The molecule has 0 aliphatic heterocycles. The van der Waals surface area contributed by atoms with E-state index >= 15 is 0 Å². The maximum Gasteiger partial charge on any atom is 0.271 e. The summed E-state index contributed by atoms with van der Waals surface area (Å²) in [5.41, 5.74) is 2.18. The van der Waals surface area contributed by atoms with Crippen LogP contribution >= 0.6 is 11.8 Å².